The van der Waals surface area contributed by atoms with E-state index in [4.69, 9.17) is 18.0 Å². The molecule has 0 fully saturated rings. The molecule has 1 heterocycles. The van der Waals surface area contributed by atoms with Crippen LogP contribution in [0.3, 0.4) is 0 Å². The van der Waals surface area contributed by atoms with Crippen molar-refractivity contribution in [1.29, 1.82) is 0 Å². The van der Waals surface area contributed by atoms with Gasteiger partial charge in [0, 0.05) is 12.7 Å². The number of aromatic nitrogens is 2. The molecule has 0 aliphatic heterocycles. The molecule has 0 saturated heterocycles. The second kappa shape index (κ2) is 4.71. The molecule has 1 rings (SSSR count). The van der Waals surface area contributed by atoms with Crippen LogP contribution >= 0.6 is 12.2 Å². The van der Waals surface area contributed by atoms with Gasteiger partial charge in [0.15, 0.2) is 5.03 Å². The average Bonchev–Trinajstić information content (AvgIpc) is 2.64. The first-order valence-corrected chi connectivity index (χ1v) is 6.94. The minimum absolute atomic E-state index is 0.0383. The first kappa shape index (κ1) is 14.1. The Balaban J connectivity index is 3.01. The summed E-state index contributed by atoms with van der Waals surface area (Å²) in [6.45, 7) is 5.75. The Morgan fingerprint density at radius 2 is 2.24 bits per heavy atom. The maximum absolute atomic E-state index is 12.0. The summed E-state index contributed by atoms with van der Waals surface area (Å²) in [4.78, 5) is 3.91. The van der Waals surface area contributed by atoms with Crippen LogP contribution in [-0.2, 0) is 16.6 Å². The Hall–Kier alpha value is -0.990. The van der Waals surface area contributed by atoms with Gasteiger partial charge < -0.3 is 10.3 Å². The van der Waals surface area contributed by atoms with Crippen LogP contribution in [0.2, 0.25) is 0 Å². The van der Waals surface area contributed by atoms with E-state index in [9.17, 15) is 8.42 Å². The molecule has 8 heteroatoms. The minimum Gasteiger partial charge on any atom is -0.392 e. The lowest BCUT2D eigenvalue weighted by molar-refractivity contribution is 0.543. The van der Waals surface area contributed by atoms with E-state index in [1.54, 1.807) is 18.4 Å². The van der Waals surface area contributed by atoms with Gasteiger partial charge in [-0.05, 0) is 20.8 Å². The number of sulfonamides is 1. The number of thiocarbonyl (C=S) groups is 1. The minimum atomic E-state index is -3.70. The van der Waals surface area contributed by atoms with E-state index in [0.717, 1.165) is 0 Å². The number of rotatable bonds is 5. The molecule has 0 atom stereocenters. The monoisotopic (exact) mass is 276 g/mol. The van der Waals surface area contributed by atoms with Gasteiger partial charge in [-0.25, -0.2) is 13.4 Å². The van der Waals surface area contributed by atoms with E-state index in [-0.39, 0.29) is 10.0 Å². The third kappa shape index (κ3) is 3.24. The van der Waals surface area contributed by atoms with Gasteiger partial charge in [0.25, 0.3) is 10.0 Å². The van der Waals surface area contributed by atoms with Gasteiger partial charge >= 0.3 is 0 Å². The highest BCUT2D eigenvalue weighted by molar-refractivity contribution is 7.89. The standard InChI is InChI=1S/C9H16N4O2S2/c1-4-13-5-7(11-6-13)17(14,15)12-9(2,3)8(10)16/h5-6,12H,4H2,1-3H3,(H2,10,16). The van der Waals surface area contributed by atoms with E-state index in [2.05, 4.69) is 9.71 Å². The summed E-state index contributed by atoms with van der Waals surface area (Å²) < 4.78 is 28.0. The third-order valence-corrected chi connectivity index (χ3v) is 4.31. The van der Waals surface area contributed by atoms with Crippen LogP contribution in [-0.4, -0.2) is 28.5 Å². The van der Waals surface area contributed by atoms with Gasteiger partial charge in [-0.3, -0.25) is 0 Å². The molecule has 1 aromatic rings. The highest BCUT2D eigenvalue weighted by atomic mass is 32.2. The van der Waals surface area contributed by atoms with Crippen LogP contribution in [0.1, 0.15) is 20.8 Å². The molecule has 0 spiro atoms. The normalized spacial score (nSPS) is 12.6. The number of imidazole rings is 1. The van der Waals surface area contributed by atoms with E-state index >= 15 is 0 Å². The topological polar surface area (TPSA) is 90.0 Å². The maximum Gasteiger partial charge on any atom is 0.260 e. The van der Waals surface area contributed by atoms with Crippen LogP contribution in [0, 0.1) is 0 Å². The van der Waals surface area contributed by atoms with E-state index in [1.165, 1.54) is 12.5 Å². The quantitative estimate of drug-likeness (QED) is 0.752. The van der Waals surface area contributed by atoms with Crippen molar-refractivity contribution in [3.8, 4) is 0 Å². The van der Waals surface area contributed by atoms with Crippen LogP contribution in [0.5, 0.6) is 0 Å². The summed E-state index contributed by atoms with van der Waals surface area (Å²) in [6.07, 6.45) is 2.92. The van der Waals surface area contributed by atoms with Crippen molar-refractivity contribution in [3.05, 3.63) is 12.5 Å². The molecule has 3 N–H and O–H groups in total. The number of nitrogens with two attached hydrogens (primary N) is 1. The zero-order chi connectivity index (χ0) is 13.3. The van der Waals surface area contributed by atoms with Gasteiger partial charge in [-0.15, -0.1) is 0 Å². The largest absolute Gasteiger partial charge is 0.392 e. The smallest absolute Gasteiger partial charge is 0.260 e. The molecule has 0 amide bonds. The lowest BCUT2D eigenvalue weighted by Gasteiger charge is -2.23. The van der Waals surface area contributed by atoms with E-state index in [0.29, 0.717) is 6.54 Å². The van der Waals surface area contributed by atoms with E-state index in [1.807, 2.05) is 6.92 Å². The molecule has 17 heavy (non-hydrogen) atoms. The molecule has 96 valence electrons. The fourth-order valence-electron chi connectivity index (χ4n) is 1.09. The predicted molar refractivity (Wildman–Crippen MR) is 69.1 cm³/mol. The Morgan fingerprint density at radius 1 is 1.65 bits per heavy atom. The van der Waals surface area contributed by atoms with Crippen LogP contribution in [0.15, 0.2) is 17.6 Å². The molecule has 1 aromatic heterocycles. The number of nitrogens with zero attached hydrogens (tertiary/aromatic N) is 2. The third-order valence-electron chi connectivity index (χ3n) is 2.26. The van der Waals surface area contributed by atoms with Crippen molar-refractivity contribution < 1.29 is 8.42 Å². The second-order valence-corrected chi connectivity index (χ2v) is 6.21. The Bertz CT molecular complexity index is 519. The summed E-state index contributed by atoms with van der Waals surface area (Å²) >= 11 is 4.80. The highest BCUT2D eigenvalue weighted by Crippen LogP contribution is 2.11. The fourth-order valence-corrected chi connectivity index (χ4v) is 2.55. The molecular weight excluding hydrogens is 260 g/mol. The first-order chi connectivity index (χ1) is 7.69. The SMILES string of the molecule is CCn1cnc(S(=O)(=O)NC(C)(C)C(N)=S)c1. The predicted octanol–water partition coefficient (Wildman–Crippen LogP) is 0.246. The van der Waals surface area contributed by atoms with Crippen molar-refractivity contribution >= 4 is 27.2 Å². The molecule has 0 aliphatic carbocycles. The summed E-state index contributed by atoms with van der Waals surface area (Å²) in [6, 6.07) is 0. The summed E-state index contributed by atoms with van der Waals surface area (Å²) in [7, 11) is -3.70. The molecule has 0 bridgehead atoms. The summed E-state index contributed by atoms with van der Waals surface area (Å²) in [5.41, 5.74) is 4.48. The van der Waals surface area contributed by atoms with Gasteiger partial charge in [0.1, 0.15) is 0 Å². The molecule has 6 nitrogen and oxygen atoms in total. The molecule has 0 unspecified atom stereocenters. The van der Waals surface area contributed by atoms with Crippen LogP contribution in [0.4, 0.5) is 0 Å². The number of hydrogen-bond donors (Lipinski definition) is 2. The fraction of sp³-hybridized carbons (Fsp3) is 0.556. The molecule has 0 aromatic carbocycles. The van der Waals surface area contributed by atoms with Gasteiger partial charge in [0.05, 0.1) is 16.9 Å². The lowest BCUT2D eigenvalue weighted by Crippen LogP contribution is -2.52. The van der Waals surface area contributed by atoms with E-state index < -0.39 is 15.6 Å². The Labute approximate surface area is 106 Å². The van der Waals surface area contributed by atoms with Crippen LogP contribution < -0.4 is 10.5 Å². The highest BCUT2D eigenvalue weighted by Gasteiger charge is 2.29. The zero-order valence-corrected chi connectivity index (χ0v) is 11.6. The molecule has 0 saturated carbocycles. The Kier molecular flexibility index (Phi) is 3.90. The summed E-state index contributed by atoms with van der Waals surface area (Å²) in [5.74, 6) is 0. The second-order valence-electron chi connectivity index (χ2n) is 4.14. The van der Waals surface area contributed by atoms with Crippen molar-refractivity contribution in [3.63, 3.8) is 0 Å². The van der Waals surface area contributed by atoms with Gasteiger partial charge in [0.2, 0.25) is 0 Å². The molecule has 0 radical (unpaired) electrons. The lowest BCUT2D eigenvalue weighted by atomic mass is 10.1. The van der Waals surface area contributed by atoms with Gasteiger partial charge in [-0.1, -0.05) is 12.2 Å². The summed E-state index contributed by atoms with van der Waals surface area (Å²) in [5, 5.41) is -0.0383. The number of aryl methyl sites for hydroxylation is 1. The molecule has 0 aliphatic rings. The maximum atomic E-state index is 12.0. The molecular formula is C9H16N4O2S2. The van der Waals surface area contributed by atoms with Crippen molar-refractivity contribution in [2.75, 3.05) is 0 Å². The van der Waals surface area contributed by atoms with Crippen LogP contribution in [0.25, 0.3) is 0 Å². The van der Waals surface area contributed by atoms with Crippen molar-refractivity contribution in [1.82, 2.24) is 14.3 Å². The van der Waals surface area contributed by atoms with Crippen molar-refractivity contribution in [2.45, 2.75) is 37.9 Å². The zero-order valence-electron chi connectivity index (χ0n) is 9.97. The van der Waals surface area contributed by atoms with Gasteiger partial charge in [-0.2, -0.15) is 4.72 Å². The number of nitrogens with one attached hydrogen (secondary N) is 1. The number of hydrogen-bond acceptors (Lipinski definition) is 4. The average molecular weight is 276 g/mol. The first-order valence-electron chi connectivity index (χ1n) is 5.04. The Morgan fingerprint density at radius 3 is 2.65 bits per heavy atom. The van der Waals surface area contributed by atoms with Crippen molar-refractivity contribution in [2.24, 2.45) is 5.73 Å².